The van der Waals surface area contributed by atoms with E-state index in [1.807, 2.05) is 63.2 Å². The van der Waals surface area contributed by atoms with Crippen LogP contribution in [0.4, 0.5) is 0 Å². The summed E-state index contributed by atoms with van der Waals surface area (Å²) in [4.78, 5) is 5.89. The standard InChI is InChI=1S/C22H32N4O2S2/c1-4-23-22(24-14-15-29-21-12-6-5-7-13-21)25-16-19-10-8-9-11-20(19)17-30(27,28)26-18(2)3/h5-13,18,26H,4,14-17H2,1-3H3,(H2,23,24,25). The molecule has 0 saturated heterocycles. The Morgan fingerprint density at radius 3 is 2.33 bits per heavy atom. The number of aliphatic imine (C=N–C) groups is 1. The predicted octanol–water partition coefficient (Wildman–Crippen LogP) is 3.36. The van der Waals surface area contributed by atoms with Crippen LogP contribution in [0.2, 0.25) is 0 Å². The smallest absolute Gasteiger partial charge is 0.216 e. The van der Waals surface area contributed by atoms with Gasteiger partial charge in [0.25, 0.3) is 0 Å². The Hall–Kier alpha value is -2.03. The highest BCUT2D eigenvalue weighted by Gasteiger charge is 2.15. The maximum absolute atomic E-state index is 12.3. The van der Waals surface area contributed by atoms with Crippen molar-refractivity contribution in [1.29, 1.82) is 0 Å². The molecule has 0 bridgehead atoms. The molecule has 2 aromatic rings. The van der Waals surface area contributed by atoms with Gasteiger partial charge in [-0.15, -0.1) is 11.8 Å². The van der Waals surface area contributed by atoms with Gasteiger partial charge in [0.05, 0.1) is 12.3 Å². The Balaban J connectivity index is 1.96. The van der Waals surface area contributed by atoms with E-state index in [1.54, 1.807) is 11.8 Å². The van der Waals surface area contributed by atoms with Gasteiger partial charge in [0.15, 0.2) is 5.96 Å². The second-order valence-electron chi connectivity index (χ2n) is 7.08. The van der Waals surface area contributed by atoms with Gasteiger partial charge in [-0.1, -0.05) is 42.5 Å². The first kappa shape index (κ1) is 24.2. The lowest BCUT2D eigenvalue weighted by molar-refractivity contribution is 0.569. The molecule has 3 N–H and O–H groups in total. The molecular formula is C22H32N4O2S2. The molecule has 0 fully saturated rings. The number of guanidine groups is 1. The second kappa shape index (κ2) is 12.6. The molecule has 6 nitrogen and oxygen atoms in total. The number of rotatable bonds is 11. The second-order valence-corrected chi connectivity index (χ2v) is 10.0. The van der Waals surface area contributed by atoms with Crippen LogP contribution >= 0.6 is 11.8 Å². The highest BCUT2D eigenvalue weighted by atomic mass is 32.2. The van der Waals surface area contributed by atoms with Gasteiger partial charge in [-0.3, -0.25) is 0 Å². The Labute approximate surface area is 185 Å². The Morgan fingerprint density at radius 1 is 1.00 bits per heavy atom. The average Bonchev–Trinajstić information content (AvgIpc) is 2.69. The SMILES string of the molecule is CCNC(=NCc1ccccc1CS(=O)(=O)NC(C)C)NCCSc1ccccc1. The average molecular weight is 449 g/mol. The molecule has 0 aliphatic heterocycles. The van der Waals surface area contributed by atoms with Gasteiger partial charge in [0, 0.05) is 29.8 Å². The van der Waals surface area contributed by atoms with E-state index in [1.165, 1.54) is 4.90 Å². The molecule has 0 aliphatic carbocycles. The lowest BCUT2D eigenvalue weighted by Gasteiger charge is -2.13. The Morgan fingerprint density at radius 2 is 1.67 bits per heavy atom. The summed E-state index contributed by atoms with van der Waals surface area (Å²) in [5.41, 5.74) is 1.67. The minimum absolute atomic E-state index is 0.0471. The fourth-order valence-corrected chi connectivity index (χ4v) is 5.10. The van der Waals surface area contributed by atoms with Crippen LogP contribution in [-0.4, -0.2) is 39.3 Å². The van der Waals surface area contributed by atoms with Crippen molar-refractivity contribution >= 4 is 27.7 Å². The minimum atomic E-state index is -3.38. The zero-order valence-electron chi connectivity index (χ0n) is 17.9. The van der Waals surface area contributed by atoms with Crippen molar-refractivity contribution in [2.45, 2.75) is 44.0 Å². The van der Waals surface area contributed by atoms with E-state index < -0.39 is 10.0 Å². The first-order valence-electron chi connectivity index (χ1n) is 10.2. The van der Waals surface area contributed by atoms with Gasteiger partial charge in [0.1, 0.15) is 0 Å². The van der Waals surface area contributed by atoms with Crippen LogP contribution in [0, 0.1) is 0 Å². The summed E-state index contributed by atoms with van der Waals surface area (Å²) in [6.45, 7) is 7.60. The summed E-state index contributed by atoms with van der Waals surface area (Å²) in [6.07, 6.45) is 0. The summed E-state index contributed by atoms with van der Waals surface area (Å²) in [6, 6.07) is 17.7. The summed E-state index contributed by atoms with van der Waals surface area (Å²) in [7, 11) is -3.38. The third-order valence-electron chi connectivity index (χ3n) is 4.04. The molecule has 0 saturated carbocycles. The first-order valence-corrected chi connectivity index (χ1v) is 12.8. The highest BCUT2D eigenvalue weighted by molar-refractivity contribution is 7.99. The van der Waals surface area contributed by atoms with Crippen molar-refractivity contribution in [3.63, 3.8) is 0 Å². The fourth-order valence-electron chi connectivity index (χ4n) is 2.82. The van der Waals surface area contributed by atoms with Gasteiger partial charge >= 0.3 is 0 Å². The third kappa shape index (κ3) is 9.19. The molecule has 8 heteroatoms. The number of sulfonamides is 1. The molecule has 0 unspecified atom stereocenters. The van der Waals surface area contributed by atoms with Gasteiger partial charge < -0.3 is 10.6 Å². The monoisotopic (exact) mass is 448 g/mol. The molecule has 2 rings (SSSR count). The molecule has 0 aromatic heterocycles. The zero-order valence-corrected chi connectivity index (χ0v) is 19.5. The van der Waals surface area contributed by atoms with E-state index in [2.05, 4.69) is 32.5 Å². The lowest BCUT2D eigenvalue weighted by atomic mass is 10.1. The van der Waals surface area contributed by atoms with Crippen molar-refractivity contribution in [3.05, 3.63) is 65.7 Å². The number of thioether (sulfide) groups is 1. The molecule has 0 amide bonds. The molecule has 0 radical (unpaired) electrons. The van der Waals surface area contributed by atoms with Gasteiger partial charge in [0.2, 0.25) is 10.0 Å². The van der Waals surface area contributed by atoms with Crippen LogP contribution in [-0.2, 0) is 22.3 Å². The molecule has 2 aromatic carbocycles. The molecule has 164 valence electrons. The maximum atomic E-state index is 12.3. The summed E-state index contributed by atoms with van der Waals surface area (Å²) in [5.74, 6) is 1.60. The van der Waals surface area contributed by atoms with Crippen molar-refractivity contribution in [3.8, 4) is 0 Å². The fraction of sp³-hybridized carbons (Fsp3) is 0.409. The summed E-state index contributed by atoms with van der Waals surface area (Å²) >= 11 is 1.79. The predicted molar refractivity (Wildman–Crippen MR) is 127 cm³/mol. The third-order valence-corrected chi connectivity index (χ3v) is 6.57. The van der Waals surface area contributed by atoms with E-state index in [0.717, 1.165) is 35.9 Å². The van der Waals surface area contributed by atoms with Gasteiger partial charge in [-0.05, 0) is 44.0 Å². The Bertz CT molecular complexity index is 900. The maximum Gasteiger partial charge on any atom is 0.216 e. The van der Waals surface area contributed by atoms with Crippen LogP contribution in [0.15, 0.2) is 64.5 Å². The minimum Gasteiger partial charge on any atom is -0.357 e. The van der Waals surface area contributed by atoms with Crippen LogP contribution < -0.4 is 15.4 Å². The van der Waals surface area contributed by atoms with Crippen LogP contribution in [0.5, 0.6) is 0 Å². The van der Waals surface area contributed by atoms with Crippen LogP contribution in [0.3, 0.4) is 0 Å². The topological polar surface area (TPSA) is 82.6 Å². The highest BCUT2D eigenvalue weighted by Crippen LogP contribution is 2.16. The quantitative estimate of drug-likeness (QED) is 0.213. The lowest BCUT2D eigenvalue weighted by Crippen LogP contribution is -2.38. The number of nitrogens with zero attached hydrogens (tertiary/aromatic N) is 1. The number of hydrogen-bond acceptors (Lipinski definition) is 4. The largest absolute Gasteiger partial charge is 0.357 e. The normalized spacial score (nSPS) is 12.2. The van der Waals surface area contributed by atoms with Crippen molar-refractivity contribution in [2.75, 3.05) is 18.8 Å². The van der Waals surface area contributed by atoms with E-state index in [-0.39, 0.29) is 11.8 Å². The number of hydrogen-bond donors (Lipinski definition) is 3. The first-order chi connectivity index (χ1) is 14.4. The van der Waals surface area contributed by atoms with E-state index in [4.69, 9.17) is 0 Å². The van der Waals surface area contributed by atoms with E-state index in [9.17, 15) is 8.42 Å². The molecular weight excluding hydrogens is 416 g/mol. The van der Waals surface area contributed by atoms with E-state index >= 15 is 0 Å². The van der Waals surface area contributed by atoms with Crippen molar-refractivity contribution in [2.24, 2.45) is 4.99 Å². The molecule has 0 heterocycles. The van der Waals surface area contributed by atoms with Crippen LogP contribution in [0.25, 0.3) is 0 Å². The summed E-state index contributed by atoms with van der Waals surface area (Å²) < 4.78 is 27.3. The van der Waals surface area contributed by atoms with Gasteiger partial charge in [-0.2, -0.15) is 0 Å². The van der Waals surface area contributed by atoms with Gasteiger partial charge in [-0.25, -0.2) is 18.1 Å². The van der Waals surface area contributed by atoms with Crippen LogP contribution in [0.1, 0.15) is 31.9 Å². The van der Waals surface area contributed by atoms with E-state index in [0.29, 0.717) is 6.54 Å². The zero-order chi connectivity index (χ0) is 21.8. The molecule has 0 aliphatic rings. The Kier molecular flexibility index (Phi) is 10.2. The molecule has 0 atom stereocenters. The number of benzene rings is 2. The van der Waals surface area contributed by atoms with Crippen molar-refractivity contribution < 1.29 is 8.42 Å². The molecule has 30 heavy (non-hydrogen) atoms. The number of nitrogens with one attached hydrogen (secondary N) is 3. The summed E-state index contributed by atoms with van der Waals surface area (Å²) in [5, 5.41) is 6.59. The van der Waals surface area contributed by atoms with Crippen molar-refractivity contribution in [1.82, 2.24) is 15.4 Å². The molecule has 0 spiro atoms.